The van der Waals surface area contributed by atoms with Gasteiger partial charge in [0.1, 0.15) is 5.82 Å². The molecular weight excluding hydrogens is 348 g/mol. The quantitative estimate of drug-likeness (QED) is 0.669. The molecule has 0 unspecified atom stereocenters. The van der Waals surface area contributed by atoms with Gasteiger partial charge < -0.3 is 4.57 Å². The van der Waals surface area contributed by atoms with Crippen LogP contribution in [0.5, 0.6) is 0 Å². The van der Waals surface area contributed by atoms with E-state index in [1.807, 2.05) is 23.7 Å². The van der Waals surface area contributed by atoms with E-state index in [1.54, 1.807) is 23.0 Å². The molecule has 4 rings (SSSR count). The molecule has 1 aliphatic carbocycles. The summed E-state index contributed by atoms with van der Waals surface area (Å²) in [5.41, 5.74) is 2.10. The Kier molecular flexibility index (Phi) is 4.14. The summed E-state index contributed by atoms with van der Waals surface area (Å²) in [5.74, 6) is 1.11. The summed E-state index contributed by atoms with van der Waals surface area (Å²) >= 11 is 6.04. The first kappa shape index (κ1) is 17.3. The molecule has 1 aliphatic rings. The van der Waals surface area contributed by atoms with E-state index in [1.165, 1.54) is 0 Å². The lowest BCUT2D eigenvalue weighted by molar-refractivity contribution is 0.219. The summed E-state index contributed by atoms with van der Waals surface area (Å²) in [6.07, 6.45) is 6.00. The molecule has 6 heteroatoms. The average molecular weight is 371 g/mol. The minimum atomic E-state index is -0.113. The second kappa shape index (κ2) is 6.23. The highest BCUT2D eigenvalue weighted by atomic mass is 35.5. The molecule has 26 heavy (non-hydrogen) atoms. The monoisotopic (exact) mass is 370 g/mol. The van der Waals surface area contributed by atoms with Crippen molar-refractivity contribution in [2.24, 2.45) is 12.5 Å². The van der Waals surface area contributed by atoms with Crippen molar-refractivity contribution in [1.82, 2.24) is 19.1 Å². The molecule has 0 aliphatic heterocycles. The highest BCUT2D eigenvalue weighted by Gasteiger charge is 2.31. The van der Waals surface area contributed by atoms with Crippen molar-refractivity contribution >= 4 is 22.8 Å². The standard InChI is InChI=1S/C20H23ClN4O/c1-20(2)10-8-13(9-11-20)17-23-18-16(22-12-24(18)3)19(26)25(17)15-6-4-14(21)5-7-15/h4-7,12-13H,8-11H2,1-3H3. The number of imidazole rings is 1. The number of hydrogen-bond donors (Lipinski definition) is 0. The third-order valence-electron chi connectivity index (χ3n) is 5.55. The maximum absolute atomic E-state index is 13.2. The van der Waals surface area contributed by atoms with Crippen molar-refractivity contribution < 1.29 is 0 Å². The van der Waals surface area contributed by atoms with Gasteiger partial charge in [-0.05, 0) is 55.4 Å². The van der Waals surface area contributed by atoms with Crippen molar-refractivity contribution in [1.29, 1.82) is 0 Å². The Bertz CT molecular complexity index is 1010. The molecule has 5 nitrogen and oxygen atoms in total. The van der Waals surface area contributed by atoms with Crippen molar-refractivity contribution in [3.05, 3.63) is 51.8 Å². The van der Waals surface area contributed by atoms with Crippen LogP contribution in [0.3, 0.4) is 0 Å². The van der Waals surface area contributed by atoms with Gasteiger partial charge in [-0.1, -0.05) is 25.4 Å². The van der Waals surface area contributed by atoms with Gasteiger partial charge in [0.2, 0.25) is 0 Å². The molecule has 3 aromatic rings. The van der Waals surface area contributed by atoms with Crippen LogP contribution in [0.4, 0.5) is 0 Å². The Morgan fingerprint density at radius 1 is 1.15 bits per heavy atom. The Morgan fingerprint density at radius 3 is 2.46 bits per heavy atom. The molecule has 0 bridgehead atoms. The SMILES string of the molecule is Cn1cnc2c(=O)n(-c3ccc(Cl)cc3)c(C3CCC(C)(C)CC3)nc21. The molecule has 1 aromatic carbocycles. The van der Waals surface area contributed by atoms with Crippen molar-refractivity contribution in [3.8, 4) is 5.69 Å². The van der Waals surface area contributed by atoms with Crippen LogP contribution in [-0.2, 0) is 7.05 Å². The Labute approximate surface area is 157 Å². The second-order valence-electron chi connectivity index (χ2n) is 8.05. The third kappa shape index (κ3) is 2.94. The van der Waals surface area contributed by atoms with E-state index in [0.717, 1.165) is 37.2 Å². The molecule has 0 atom stereocenters. The minimum absolute atomic E-state index is 0.113. The Balaban J connectivity index is 1.92. The largest absolute Gasteiger partial charge is 0.318 e. The average Bonchev–Trinajstić information content (AvgIpc) is 2.97. The number of halogens is 1. The zero-order chi connectivity index (χ0) is 18.5. The van der Waals surface area contributed by atoms with Gasteiger partial charge in [0.05, 0.1) is 12.0 Å². The van der Waals surface area contributed by atoms with Crippen molar-refractivity contribution in [2.75, 3.05) is 0 Å². The molecule has 0 amide bonds. The van der Waals surface area contributed by atoms with Gasteiger partial charge in [0.15, 0.2) is 11.2 Å². The van der Waals surface area contributed by atoms with Crippen molar-refractivity contribution in [2.45, 2.75) is 45.4 Å². The Morgan fingerprint density at radius 2 is 1.81 bits per heavy atom. The first-order valence-electron chi connectivity index (χ1n) is 9.06. The number of aryl methyl sites for hydroxylation is 1. The van der Waals surface area contributed by atoms with E-state index in [2.05, 4.69) is 18.8 Å². The fourth-order valence-corrected chi connectivity index (χ4v) is 3.97. The van der Waals surface area contributed by atoms with Crippen LogP contribution < -0.4 is 5.56 Å². The first-order chi connectivity index (χ1) is 12.4. The van der Waals surface area contributed by atoms with E-state index in [-0.39, 0.29) is 11.5 Å². The normalized spacial score (nSPS) is 17.7. The zero-order valence-electron chi connectivity index (χ0n) is 15.4. The molecule has 2 aromatic heterocycles. The molecule has 1 fully saturated rings. The lowest BCUT2D eigenvalue weighted by Gasteiger charge is -2.34. The third-order valence-corrected chi connectivity index (χ3v) is 5.80. The summed E-state index contributed by atoms with van der Waals surface area (Å²) in [6, 6.07) is 7.35. The number of fused-ring (bicyclic) bond motifs is 1. The van der Waals surface area contributed by atoms with Gasteiger partial charge in [-0.15, -0.1) is 0 Å². The topological polar surface area (TPSA) is 52.7 Å². The van der Waals surface area contributed by atoms with E-state index in [0.29, 0.717) is 21.6 Å². The van der Waals surface area contributed by atoms with Crippen LogP contribution >= 0.6 is 11.6 Å². The summed E-state index contributed by atoms with van der Waals surface area (Å²) in [5, 5.41) is 0.648. The summed E-state index contributed by atoms with van der Waals surface area (Å²) in [6.45, 7) is 4.63. The lowest BCUT2D eigenvalue weighted by atomic mass is 9.73. The minimum Gasteiger partial charge on any atom is -0.318 e. The molecule has 136 valence electrons. The number of rotatable bonds is 2. The maximum atomic E-state index is 13.2. The Hall–Kier alpha value is -2.14. The second-order valence-corrected chi connectivity index (χ2v) is 8.49. The molecule has 0 radical (unpaired) electrons. The van der Waals surface area contributed by atoms with Crippen LogP contribution in [0.1, 0.15) is 51.3 Å². The van der Waals surface area contributed by atoms with Crippen LogP contribution in [-0.4, -0.2) is 19.1 Å². The molecule has 1 saturated carbocycles. The first-order valence-corrected chi connectivity index (χ1v) is 9.43. The van der Waals surface area contributed by atoms with Gasteiger partial charge in [0.25, 0.3) is 5.56 Å². The van der Waals surface area contributed by atoms with Gasteiger partial charge in [0, 0.05) is 18.0 Å². The zero-order valence-corrected chi connectivity index (χ0v) is 16.1. The van der Waals surface area contributed by atoms with Crippen LogP contribution in [0.25, 0.3) is 16.9 Å². The number of hydrogen-bond acceptors (Lipinski definition) is 3. The van der Waals surface area contributed by atoms with Gasteiger partial charge in [-0.2, -0.15) is 0 Å². The predicted octanol–water partition coefficient (Wildman–Crippen LogP) is 4.46. The fourth-order valence-electron chi connectivity index (χ4n) is 3.85. The van der Waals surface area contributed by atoms with E-state index >= 15 is 0 Å². The van der Waals surface area contributed by atoms with Crippen molar-refractivity contribution in [3.63, 3.8) is 0 Å². The smallest absolute Gasteiger partial charge is 0.286 e. The predicted molar refractivity (Wildman–Crippen MR) is 104 cm³/mol. The van der Waals surface area contributed by atoms with E-state index < -0.39 is 0 Å². The maximum Gasteiger partial charge on any atom is 0.286 e. The molecule has 2 heterocycles. The molecule has 0 spiro atoms. The fraction of sp³-hybridized carbons (Fsp3) is 0.450. The van der Waals surface area contributed by atoms with Crippen LogP contribution in [0.15, 0.2) is 35.4 Å². The summed E-state index contributed by atoms with van der Waals surface area (Å²) in [7, 11) is 1.88. The number of aromatic nitrogens is 4. The van der Waals surface area contributed by atoms with Crippen LogP contribution in [0, 0.1) is 5.41 Å². The van der Waals surface area contributed by atoms with E-state index in [4.69, 9.17) is 16.6 Å². The summed E-state index contributed by atoms with van der Waals surface area (Å²) in [4.78, 5) is 22.4. The molecule has 0 N–H and O–H groups in total. The summed E-state index contributed by atoms with van der Waals surface area (Å²) < 4.78 is 3.55. The highest BCUT2D eigenvalue weighted by molar-refractivity contribution is 6.30. The van der Waals surface area contributed by atoms with Gasteiger partial charge in [-0.25, -0.2) is 9.97 Å². The number of benzene rings is 1. The highest BCUT2D eigenvalue weighted by Crippen LogP contribution is 2.42. The van der Waals surface area contributed by atoms with Gasteiger partial charge in [-0.3, -0.25) is 9.36 Å². The van der Waals surface area contributed by atoms with Crippen LogP contribution in [0.2, 0.25) is 5.02 Å². The van der Waals surface area contributed by atoms with E-state index in [9.17, 15) is 4.79 Å². The van der Waals surface area contributed by atoms with Gasteiger partial charge >= 0.3 is 0 Å². The lowest BCUT2D eigenvalue weighted by Crippen LogP contribution is -2.29. The molecule has 0 saturated heterocycles. The molecular formula is C20H23ClN4O. The number of nitrogens with zero attached hydrogens (tertiary/aromatic N) is 4.